The molecule has 8 nitrogen and oxygen atoms in total. The molecule has 0 saturated heterocycles. The zero-order valence-corrected chi connectivity index (χ0v) is 13.2. The van der Waals surface area contributed by atoms with E-state index in [1.165, 1.54) is 0 Å². The number of nitrogens with one attached hydrogen (secondary N) is 2. The number of benzene rings is 1. The van der Waals surface area contributed by atoms with E-state index in [-0.39, 0.29) is 30.8 Å². The maximum Gasteiger partial charge on any atom is 0.322 e. The zero-order chi connectivity index (χ0) is 17.7. The Hall–Kier alpha value is -2.90. The van der Waals surface area contributed by atoms with E-state index in [2.05, 4.69) is 10.6 Å². The van der Waals surface area contributed by atoms with Crippen LogP contribution in [0.2, 0.25) is 0 Å². The monoisotopic (exact) mass is 333 g/mol. The fraction of sp³-hybridized carbons (Fsp3) is 0.375. The molecule has 0 saturated carbocycles. The van der Waals surface area contributed by atoms with E-state index >= 15 is 0 Å². The number of nitrogens with zero attached hydrogens (tertiary/aromatic N) is 1. The van der Waals surface area contributed by atoms with Crippen LogP contribution in [0.5, 0.6) is 0 Å². The molecule has 0 aliphatic carbocycles. The average molecular weight is 333 g/mol. The first-order chi connectivity index (χ1) is 11.4. The van der Waals surface area contributed by atoms with E-state index in [0.29, 0.717) is 30.6 Å². The van der Waals surface area contributed by atoms with Gasteiger partial charge >= 0.3 is 5.97 Å². The van der Waals surface area contributed by atoms with Gasteiger partial charge in [-0.25, -0.2) is 0 Å². The minimum atomic E-state index is -0.983. The first-order valence-corrected chi connectivity index (χ1v) is 7.55. The van der Waals surface area contributed by atoms with Crippen LogP contribution >= 0.6 is 0 Å². The highest BCUT2D eigenvalue weighted by molar-refractivity contribution is 6.00. The van der Waals surface area contributed by atoms with Crippen LogP contribution in [-0.2, 0) is 20.9 Å². The molecule has 2 rings (SSSR count). The largest absolute Gasteiger partial charge is 0.480 e. The molecule has 1 aromatic rings. The van der Waals surface area contributed by atoms with Gasteiger partial charge in [0.2, 0.25) is 12.3 Å². The number of hydrogen-bond acceptors (Lipinski definition) is 5. The normalized spacial score (nSPS) is 14.0. The van der Waals surface area contributed by atoms with Crippen molar-refractivity contribution in [1.82, 2.24) is 10.2 Å². The molecule has 1 aromatic carbocycles. The average Bonchev–Trinajstić information content (AvgIpc) is 2.89. The molecule has 1 heterocycles. The summed E-state index contributed by atoms with van der Waals surface area (Å²) in [6.45, 7) is 1.96. The fourth-order valence-corrected chi connectivity index (χ4v) is 2.68. The summed E-state index contributed by atoms with van der Waals surface area (Å²) in [5.74, 6) is -1.51. The second-order valence-corrected chi connectivity index (χ2v) is 5.59. The lowest BCUT2D eigenvalue weighted by Crippen LogP contribution is -2.34. The lowest BCUT2D eigenvalue weighted by Gasteiger charge is -2.24. The molecular formula is C16H19N3O5. The molecule has 0 fully saturated rings. The molecule has 0 bridgehead atoms. The van der Waals surface area contributed by atoms with E-state index in [9.17, 15) is 19.2 Å². The lowest BCUT2D eigenvalue weighted by atomic mass is 10.1. The number of carboxylic acid groups (broad SMARTS) is 1. The van der Waals surface area contributed by atoms with Crippen molar-refractivity contribution in [3.05, 3.63) is 29.3 Å². The Labute approximate surface area is 138 Å². The third kappa shape index (κ3) is 3.89. The third-order valence-electron chi connectivity index (χ3n) is 3.97. The van der Waals surface area contributed by atoms with Crippen LogP contribution in [0.15, 0.2) is 18.2 Å². The van der Waals surface area contributed by atoms with Crippen LogP contribution in [0.3, 0.4) is 0 Å². The Balaban J connectivity index is 2.06. The summed E-state index contributed by atoms with van der Waals surface area (Å²) in [6.07, 6.45) is 0.908. The Kier molecular flexibility index (Phi) is 5.51. The number of imide groups is 1. The van der Waals surface area contributed by atoms with Crippen LogP contribution in [0, 0.1) is 0 Å². The molecule has 1 atom stereocenters. The summed E-state index contributed by atoms with van der Waals surface area (Å²) in [4.78, 5) is 46.4. The van der Waals surface area contributed by atoms with E-state index in [1.807, 2.05) is 6.92 Å². The predicted molar refractivity (Wildman–Crippen MR) is 85.3 cm³/mol. The van der Waals surface area contributed by atoms with Gasteiger partial charge in [0.05, 0.1) is 0 Å². The van der Waals surface area contributed by atoms with E-state index in [1.54, 1.807) is 23.1 Å². The second-order valence-electron chi connectivity index (χ2n) is 5.59. The predicted octanol–water partition coefficient (Wildman–Crippen LogP) is 0.580. The van der Waals surface area contributed by atoms with Crippen LogP contribution in [0.25, 0.3) is 0 Å². The second kappa shape index (κ2) is 7.58. The number of fused-ring (bicyclic) bond motifs is 1. The molecule has 1 aliphatic heterocycles. The number of hydrogen-bond donors (Lipinski definition) is 3. The van der Waals surface area contributed by atoms with E-state index < -0.39 is 5.97 Å². The van der Waals surface area contributed by atoms with Gasteiger partial charge in [-0.2, -0.15) is 0 Å². The smallest absolute Gasteiger partial charge is 0.322 e. The summed E-state index contributed by atoms with van der Waals surface area (Å²) in [7, 11) is 0. The maximum atomic E-state index is 12.5. The molecule has 3 amide bonds. The van der Waals surface area contributed by atoms with Crippen molar-refractivity contribution < 1.29 is 24.3 Å². The summed E-state index contributed by atoms with van der Waals surface area (Å²) in [5.41, 5.74) is 1.92. The Morgan fingerprint density at radius 3 is 2.83 bits per heavy atom. The first-order valence-electron chi connectivity index (χ1n) is 7.55. The van der Waals surface area contributed by atoms with E-state index in [4.69, 9.17) is 5.11 Å². The molecule has 8 heteroatoms. The highest BCUT2D eigenvalue weighted by atomic mass is 16.4. The van der Waals surface area contributed by atoms with Crippen LogP contribution in [-0.4, -0.2) is 46.8 Å². The fourth-order valence-electron chi connectivity index (χ4n) is 2.68. The van der Waals surface area contributed by atoms with Crippen LogP contribution in [0.1, 0.15) is 35.7 Å². The maximum absolute atomic E-state index is 12.5. The molecule has 1 aliphatic rings. The molecule has 24 heavy (non-hydrogen) atoms. The number of rotatable bonds is 8. The standard InChI is InChI=1S/C16H19N3O5/c1-10(5-6-14(21)18-9-20)19-8-12-11(16(19)24)3-2-4-13(12)17-7-15(22)23/h2-4,9-10,17H,5-8H2,1H3,(H,22,23)(H,18,20,21). The van der Waals surface area contributed by atoms with Gasteiger partial charge in [-0.3, -0.25) is 24.5 Å². The Morgan fingerprint density at radius 1 is 1.42 bits per heavy atom. The number of carbonyl (C=O) groups is 4. The van der Waals surface area contributed by atoms with Crippen molar-refractivity contribution in [3.8, 4) is 0 Å². The summed E-state index contributed by atoms with van der Waals surface area (Å²) in [6, 6.07) is 4.96. The first kappa shape index (κ1) is 17.5. The van der Waals surface area contributed by atoms with Crippen molar-refractivity contribution >= 4 is 29.9 Å². The van der Waals surface area contributed by atoms with Gasteiger partial charge in [0.15, 0.2) is 0 Å². The summed E-state index contributed by atoms with van der Waals surface area (Å²) < 4.78 is 0. The van der Waals surface area contributed by atoms with Gasteiger partial charge in [0.1, 0.15) is 6.54 Å². The highest BCUT2D eigenvalue weighted by Gasteiger charge is 2.32. The van der Waals surface area contributed by atoms with Gasteiger partial charge in [0, 0.05) is 35.8 Å². The van der Waals surface area contributed by atoms with Crippen molar-refractivity contribution in [1.29, 1.82) is 0 Å². The van der Waals surface area contributed by atoms with Crippen molar-refractivity contribution in [2.45, 2.75) is 32.4 Å². The van der Waals surface area contributed by atoms with Gasteiger partial charge in [0.25, 0.3) is 5.91 Å². The number of anilines is 1. The quantitative estimate of drug-likeness (QED) is 0.599. The zero-order valence-electron chi connectivity index (χ0n) is 13.2. The van der Waals surface area contributed by atoms with Crippen LogP contribution < -0.4 is 10.6 Å². The summed E-state index contributed by atoms with van der Waals surface area (Å²) >= 11 is 0. The van der Waals surface area contributed by atoms with Gasteiger partial charge in [-0.1, -0.05) is 6.07 Å². The Morgan fingerprint density at radius 2 is 2.17 bits per heavy atom. The number of carboxylic acids is 1. The van der Waals surface area contributed by atoms with Gasteiger partial charge in [-0.05, 0) is 25.5 Å². The molecule has 1 unspecified atom stereocenters. The highest BCUT2D eigenvalue weighted by Crippen LogP contribution is 2.31. The van der Waals surface area contributed by atoms with Crippen molar-refractivity contribution in [2.75, 3.05) is 11.9 Å². The number of carbonyl (C=O) groups excluding carboxylic acids is 3. The van der Waals surface area contributed by atoms with Crippen LogP contribution in [0.4, 0.5) is 5.69 Å². The molecular weight excluding hydrogens is 314 g/mol. The minimum Gasteiger partial charge on any atom is -0.480 e. The number of aliphatic carboxylic acids is 1. The summed E-state index contributed by atoms with van der Waals surface area (Å²) in [5, 5.41) is 13.7. The Bertz CT molecular complexity index is 674. The number of amides is 3. The minimum absolute atomic E-state index is 0.143. The molecule has 128 valence electrons. The van der Waals surface area contributed by atoms with Gasteiger partial charge in [-0.15, -0.1) is 0 Å². The third-order valence-corrected chi connectivity index (χ3v) is 3.97. The van der Waals surface area contributed by atoms with Gasteiger partial charge < -0.3 is 15.3 Å². The SMILES string of the molecule is CC(CCC(=O)NC=O)N1Cc2c(NCC(=O)O)cccc2C1=O. The molecule has 0 aromatic heterocycles. The molecule has 0 radical (unpaired) electrons. The lowest BCUT2D eigenvalue weighted by molar-refractivity contribution is -0.135. The molecule has 3 N–H and O–H groups in total. The van der Waals surface area contributed by atoms with Crippen molar-refractivity contribution in [3.63, 3.8) is 0 Å². The van der Waals surface area contributed by atoms with Crippen molar-refractivity contribution in [2.24, 2.45) is 0 Å². The van der Waals surface area contributed by atoms with E-state index in [0.717, 1.165) is 5.56 Å². The topological polar surface area (TPSA) is 116 Å². The molecule has 0 spiro atoms.